The van der Waals surface area contributed by atoms with Crippen LogP contribution in [0.25, 0.3) is 0 Å². The quantitative estimate of drug-likeness (QED) is 0.681. The van der Waals surface area contributed by atoms with Crippen LogP contribution in [-0.2, 0) is 0 Å². The van der Waals surface area contributed by atoms with E-state index in [1.54, 1.807) is 19.4 Å². The van der Waals surface area contributed by atoms with Crippen molar-refractivity contribution in [1.29, 1.82) is 0 Å². The number of ether oxygens (including phenoxy) is 3. The van der Waals surface area contributed by atoms with Crippen LogP contribution in [0.4, 0.5) is 0 Å². The van der Waals surface area contributed by atoms with Gasteiger partial charge in [0.25, 0.3) is 0 Å². The lowest BCUT2D eigenvalue weighted by Gasteiger charge is -2.05. The molecule has 19 heavy (non-hydrogen) atoms. The predicted molar refractivity (Wildman–Crippen MR) is 69.5 cm³/mol. The van der Waals surface area contributed by atoms with Gasteiger partial charge in [-0.2, -0.15) is 14.9 Å². The van der Waals surface area contributed by atoms with Gasteiger partial charge in [0.15, 0.2) is 11.5 Å². The van der Waals surface area contributed by atoms with E-state index in [0.29, 0.717) is 22.0 Å². The molecule has 1 aromatic carbocycles. The monoisotopic (exact) mass is 278 g/mol. The number of aromatic amines is 1. The zero-order chi connectivity index (χ0) is 13.2. The predicted octanol–water partition coefficient (Wildman–Crippen LogP) is 1.56. The Bertz CT molecular complexity index is 691. The molecule has 8 heteroatoms. The molecule has 0 fully saturated rings. The number of nitrogens with one attached hydrogen (secondary N) is 1. The summed E-state index contributed by atoms with van der Waals surface area (Å²) in [5, 5.41) is 10.6. The van der Waals surface area contributed by atoms with Gasteiger partial charge in [0.1, 0.15) is 6.33 Å². The molecule has 1 aliphatic heterocycles. The van der Waals surface area contributed by atoms with Crippen LogP contribution in [0.15, 0.2) is 23.6 Å². The molecule has 7 nitrogen and oxygen atoms in total. The van der Waals surface area contributed by atoms with Crippen molar-refractivity contribution in [3.63, 3.8) is 0 Å². The molecule has 1 N–H and O–H groups in total. The second-order valence-electron chi connectivity index (χ2n) is 3.71. The SMILES string of the molecule is COc1cc(/C=N\n2cn[nH]c2=S)cc2c1OCO2. The van der Waals surface area contributed by atoms with Crippen molar-refractivity contribution < 1.29 is 14.2 Å². The molecule has 1 aliphatic rings. The van der Waals surface area contributed by atoms with Crippen molar-refractivity contribution in [2.24, 2.45) is 5.10 Å². The normalized spacial score (nSPS) is 13.1. The maximum Gasteiger partial charge on any atom is 0.231 e. The fourth-order valence-corrected chi connectivity index (χ4v) is 1.82. The highest BCUT2D eigenvalue weighted by atomic mass is 32.1. The third-order valence-electron chi connectivity index (χ3n) is 2.55. The van der Waals surface area contributed by atoms with Crippen molar-refractivity contribution in [2.45, 2.75) is 0 Å². The fourth-order valence-electron chi connectivity index (χ4n) is 1.68. The van der Waals surface area contributed by atoms with E-state index in [0.717, 1.165) is 5.56 Å². The molecule has 0 radical (unpaired) electrons. The largest absolute Gasteiger partial charge is 0.493 e. The molecule has 0 atom stereocenters. The number of benzene rings is 1. The van der Waals surface area contributed by atoms with Crippen LogP contribution in [-0.4, -0.2) is 35.0 Å². The molecule has 2 heterocycles. The molecule has 98 valence electrons. The van der Waals surface area contributed by atoms with E-state index < -0.39 is 0 Å². The highest BCUT2D eigenvalue weighted by Crippen LogP contribution is 2.41. The Morgan fingerprint density at radius 2 is 2.42 bits per heavy atom. The molecule has 2 aromatic rings. The van der Waals surface area contributed by atoms with E-state index in [4.69, 9.17) is 26.4 Å². The number of hydrogen-bond donors (Lipinski definition) is 1. The topological polar surface area (TPSA) is 73.7 Å². The number of hydrogen-bond acceptors (Lipinski definition) is 6. The van der Waals surface area contributed by atoms with Crippen LogP contribution in [0.1, 0.15) is 5.56 Å². The number of rotatable bonds is 3. The Morgan fingerprint density at radius 1 is 1.53 bits per heavy atom. The molecule has 0 amide bonds. The molecule has 0 aliphatic carbocycles. The summed E-state index contributed by atoms with van der Waals surface area (Å²) in [5.41, 5.74) is 0.809. The molecule has 0 saturated carbocycles. The van der Waals surface area contributed by atoms with E-state index in [2.05, 4.69) is 15.3 Å². The number of aromatic nitrogens is 3. The minimum absolute atomic E-state index is 0.194. The molecule has 0 bridgehead atoms. The average molecular weight is 278 g/mol. The Morgan fingerprint density at radius 3 is 3.16 bits per heavy atom. The van der Waals surface area contributed by atoms with Gasteiger partial charge in [0.05, 0.1) is 13.3 Å². The first-order valence-electron chi connectivity index (χ1n) is 5.42. The summed E-state index contributed by atoms with van der Waals surface area (Å²) in [5.74, 6) is 1.85. The van der Waals surface area contributed by atoms with E-state index in [-0.39, 0.29) is 6.79 Å². The van der Waals surface area contributed by atoms with Crippen LogP contribution in [0.2, 0.25) is 0 Å². The van der Waals surface area contributed by atoms with Crippen LogP contribution >= 0.6 is 12.2 Å². The van der Waals surface area contributed by atoms with Gasteiger partial charge in [-0.1, -0.05) is 0 Å². The third kappa shape index (κ3) is 2.17. The lowest BCUT2D eigenvalue weighted by atomic mass is 10.2. The highest BCUT2D eigenvalue weighted by molar-refractivity contribution is 7.71. The maximum atomic E-state index is 5.33. The minimum Gasteiger partial charge on any atom is -0.493 e. The average Bonchev–Trinajstić information content (AvgIpc) is 3.04. The van der Waals surface area contributed by atoms with Crippen LogP contribution in [0.3, 0.4) is 0 Å². The number of H-pyrrole nitrogens is 1. The zero-order valence-electron chi connectivity index (χ0n) is 9.99. The molecule has 0 saturated heterocycles. The van der Waals surface area contributed by atoms with Gasteiger partial charge in [-0.3, -0.25) is 5.10 Å². The first kappa shape index (κ1) is 11.7. The summed E-state index contributed by atoms with van der Waals surface area (Å²) < 4.78 is 17.8. The Hall–Kier alpha value is -2.35. The lowest BCUT2D eigenvalue weighted by molar-refractivity contribution is 0.171. The van der Waals surface area contributed by atoms with Crippen LogP contribution in [0.5, 0.6) is 17.2 Å². The highest BCUT2D eigenvalue weighted by Gasteiger charge is 2.19. The summed E-state index contributed by atoms with van der Waals surface area (Å²) in [6, 6.07) is 3.62. The van der Waals surface area contributed by atoms with Gasteiger partial charge in [0.2, 0.25) is 17.3 Å². The molecular weight excluding hydrogens is 268 g/mol. The number of methoxy groups -OCH3 is 1. The second-order valence-corrected chi connectivity index (χ2v) is 4.09. The van der Waals surface area contributed by atoms with Gasteiger partial charge in [-0.25, -0.2) is 0 Å². The fraction of sp³-hybridized carbons (Fsp3) is 0.182. The van der Waals surface area contributed by atoms with Gasteiger partial charge >= 0.3 is 0 Å². The van der Waals surface area contributed by atoms with Gasteiger partial charge in [-0.05, 0) is 24.4 Å². The van der Waals surface area contributed by atoms with E-state index in [9.17, 15) is 0 Å². The minimum atomic E-state index is 0.194. The first-order valence-corrected chi connectivity index (χ1v) is 5.83. The number of nitrogens with zero attached hydrogens (tertiary/aromatic N) is 3. The summed E-state index contributed by atoms with van der Waals surface area (Å²) in [4.78, 5) is 0. The Kier molecular flexibility index (Phi) is 2.92. The molecule has 1 aromatic heterocycles. The molecule has 0 spiro atoms. The third-order valence-corrected chi connectivity index (χ3v) is 2.83. The van der Waals surface area contributed by atoms with Gasteiger partial charge in [0, 0.05) is 5.56 Å². The van der Waals surface area contributed by atoms with Crippen molar-refractivity contribution in [2.75, 3.05) is 13.9 Å². The molecular formula is C11H10N4O3S. The van der Waals surface area contributed by atoms with E-state index in [1.807, 2.05) is 6.07 Å². The maximum absolute atomic E-state index is 5.33. The van der Waals surface area contributed by atoms with Crippen molar-refractivity contribution >= 4 is 18.4 Å². The van der Waals surface area contributed by atoms with Gasteiger partial charge < -0.3 is 14.2 Å². The van der Waals surface area contributed by atoms with Crippen molar-refractivity contribution in [3.05, 3.63) is 28.8 Å². The van der Waals surface area contributed by atoms with Crippen LogP contribution < -0.4 is 14.2 Å². The second kappa shape index (κ2) is 4.73. The Balaban J connectivity index is 1.96. The summed E-state index contributed by atoms with van der Waals surface area (Å²) in [7, 11) is 1.57. The lowest BCUT2D eigenvalue weighted by Crippen LogP contribution is -1.93. The molecule has 0 unspecified atom stereocenters. The standard InChI is InChI=1S/C11H10N4O3S/c1-16-8-2-7(3-9-10(8)18-6-17-9)4-13-15-5-12-14-11(15)19/h2-5H,6H2,1H3,(H,14,19)/b13-4-. The Labute approximate surface area is 113 Å². The van der Waals surface area contributed by atoms with Crippen LogP contribution in [0, 0.1) is 4.77 Å². The van der Waals surface area contributed by atoms with Crippen molar-refractivity contribution in [3.8, 4) is 17.2 Å². The zero-order valence-corrected chi connectivity index (χ0v) is 10.8. The van der Waals surface area contributed by atoms with E-state index in [1.165, 1.54) is 11.0 Å². The first-order chi connectivity index (χ1) is 9.28. The smallest absolute Gasteiger partial charge is 0.231 e. The summed E-state index contributed by atoms with van der Waals surface area (Å²) in [6.07, 6.45) is 3.12. The van der Waals surface area contributed by atoms with E-state index >= 15 is 0 Å². The molecule has 3 rings (SSSR count). The van der Waals surface area contributed by atoms with Gasteiger partial charge in [-0.15, -0.1) is 0 Å². The number of fused-ring (bicyclic) bond motifs is 1. The summed E-state index contributed by atoms with van der Waals surface area (Å²) >= 11 is 4.99. The van der Waals surface area contributed by atoms with Crippen molar-refractivity contribution in [1.82, 2.24) is 14.9 Å². The summed E-state index contributed by atoms with van der Waals surface area (Å²) in [6.45, 7) is 0.194.